The van der Waals surface area contributed by atoms with E-state index in [1.807, 2.05) is 5.32 Å². The van der Waals surface area contributed by atoms with Gasteiger partial charge < -0.3 is 10.4 Å². The fourth-order valence-corrected chi connectivity index (χ4v) is 0.376. The van der Waals surface area contributed by atoms with Crippen LogP contribution in [-0.4, -0.2) is 23.7 Å². The molecule has 0 fully saturated rings. The molecular weight excluding hydrogens is 152 g/mol. The van der Waals surface area contributed by atoms with Gasteiger partial charge in [0.05, 0.1) is 0 Å². The SMILES string of the molecule is [N-]=[N+]=NC(=O)CCNC(=O)O. The second-order valence-electron chi connectivity index (χ2n) is 1.57. The fraction of sp³-hybridized carbons (Fsp3) is 0.500. The summed E-state index contributed by atoms with van der Waals surface area (Å²) in [7, 11) is 0. The van der Waals surface area contributed by atoms with Crippen LogP contribution >= 0.6 is 0 Å². The molecule has 7 heteroatoms. The van der Waals surface area contributed by atoms with Gasteiger partial charge in [0.2, 0.25) is 5.91 Å². The maximum atomic E-state index is 10.4. The Morgan fingerprint density at radius 2 is 2.27 bits per heavy atom. The quantitative estimate of drug-likeness (QED) is 0.353. The van der Waals surface area contributed by atoms with Crippen molar-refractivity contribution in [2.75, 3.05) is 6.54 Å². The van der Waals surface area contributed by atoms with Crippen molar-refractivity contribution in [2.45, 2.75) is 6.42 Å². The molecule has 0 spiro atoms. The van der Waals surface area contributed by atoms with Crippen molar-refractivity contribution >= 4 is 12.0 Å². The number of amides is 2. The van der Waals surface area contributed by atoms with E-state index in [1.54, 1.807) is 0 Å². The minimum atomic E-state index is -1.21. The molecule has 2 N–H and O–H groups in total. The van der Waals surface area contributed by atoms with Crippen LogP contribution in [0.3, 0.4) is 0 Å². The van der Waals surface area contributed by atoms with E-state index in [9.17, 15) is 9.59 Å². The molecule has 0 aromatic carbocycles. The van der Waals surface area contributed by atoms with Gasteiger partial charge in [0.15, 0.2) is 0 Å². The van der Waals surface area contributed by atoms with E-state index in [0.29, 0.717) is 0 Å². The topological polar surface area (TPSA) is 115 Å². The van der Waals surface area contributed by atoms with Crippen LogP contribution in [-0.2, 0) is 4.79 Å². The highest BCUT2D eigenvalue weighted by Gasteiger charge is 1.98. The minimum Gasteiger partial charge on any atom is -0.465 e. The molecule has 7 nitrogen and oxygen atoms in total. The first-order chi connectivity index (χ1) is 5.16. The largest absolute Gasteiger partial charge is 0.465 e. The number of rotatable bonds is 3. The molecule has 0 unspecified atom stereocenters. The van der Waals surface area contributed by atoms with Gasteiger partial charge in [-0.3, -0.25) is 4.79 Å². The Kier molecular flexibility index (Phi) is 4.26. The Labute approximate surface area is 61.6 Å². The van der Waals surface area contributed by atoms with Gasteiger partial charge in [-0.1, -0.05) is 0 Å². The van der Waals surface area contributed by atoms with Crippen molar-refractivity contribution in [2.24, 2.45) is 5.11 Å². The minimum absolute atomic E-state index is 0.0345. The van der Waals surface area contributed by atoms with Gasteiger partial charge in [-0.15, -0.1) is 0 Å². The molecule has 0 aliphatic heterocycles. The average molecular weight is 158 g/mol. The van der Waals surface area contributed by atoms with Gasteiger partial charge in [-0.25, -0.2) is 4.79 Å². The summed E-state index contributed by atoms with van der Waals surface area (Å²) in [4.78, 5) is 22.4. The van der Waals surface area contributed by atoms with Crippen LogP contribution in [0.5, 0.6) is 0 Å². The number of hydrogen-bond acceptors (Lipinski definition) is 2. The van der Waals surface area contributed by atoms with E-state index < -0.39 is 12.0 Å². The zero-order valence-corrected chi connectivity index (χ0v) is 5.52. The number of azide groups is 1. The Hall–Kier alpha value is -1.75. The molecule has 2 amide bonds. The van der Waals surface area contributed by atoms with E-state index in [2.05, 4.69) is 10.0 Å². The fourth-order valence-electron chi connectivity index (χ4n) is 0.376. The molecule has 0 bridgehead atoms. The van der Waals surface area contributed by atoms with Gasteiger partial charge in [-0.05, 0) is 10.6 Å². The molecular formula is C4H6N4O3. The van der Waals surface area contributed by atoms with Crippen molar-refractivity contribution in [1.82, 2.24) is 5.32 Å². The highest BCUT2D eigenvalue weighted by atomic mass is 16.4. The van der Waals surface area contributed by atoms with Crippen LogP contribution in [0.15, 0.2) is 5.11 Å². The average Bonchev–Trinajstić information content (AvgIpc) is 1.87. The normalized spacial score (nSPS) is 8.00. The van der Waals surface area contributed by atoms with Crippen molar-refractivity contribution in [3.8, 4) is 0 Å². The molecule has 0 radical (unpaired) electrons. The lowest BCUT2D eigenvalue weighted by Crippen LogP contribution is -2.23. The molecule has 0 heterocycles. The maximum Gasteiger partial charge on any atom is 0.404 e. The Morgan fingerprint density at radius 1 is 1.64 bits per heavy atom. The number of carbonyl (C=O) groups excluding carboxylic acids is 1. The van der Waals surface area contributed by atoms with Crippen molar-refractivity contribution in [1.29, 1.82) is 0 Å². The molecule has 0 atom stereocenters. The second-order valence-corrected chi connectivity index (χ2v) is 1.57. The smallest absolute Gasteiger partial charge is 0.404 e. The van der Waals surface area contributed by atoms with Crippen LogP contribution in [0.1, 0.15) is 6.42 Å². The molecule has 0 saturated heterocycles. The van der Waals surface area contributed by atoms with Gasteiger partial charge in [0.1, 0.15) is 0 Å². The molecule has 0 aromatic rings. The van der Waals surface area contributed by atoms with Gasteiger partial charge in [-0.2, -0.15) is 0 Å². The summed E-state index contributed by atoms with van der Waals surface area (Å²) in [5.41, 5.74) is 7.75. The summed E-state index contributed by atoms with van der Waals surface area (Å²) in [5.74, 6) is -0.679. The van der Waals surface area contributed by atoms with Crippen molar-refractivity contribution < 1.29 is 14.7 Å². The predicted octanol–water partition coefficient (Wildman–Crippen LogP) is 0.481. The molecule has 0 aliphatic rings. The van der Waals surface area contributed by atoms with Crippen LogP contribution in [0, 0.1) is 0 Å². The van der Waals surface area contributed by atoms with Gasteiger partial charge in [0, 0.05) is 17.9 Å². The summed E-state index contributed by atoms with van der Waals surface area (Å²) in [5, 5.41) is 12.7. The highest BCUT2D eigenvalue weighted by molar-refractivity contribution is 5.77. The van der Waals surface area contributed by atoms with Gasteiger partial charge >= 0.3 is 6.09 Å². The number of nitrogens with zero attached hydrogens (tertiary/aromatic N) is 3. The molecule has 60 valence electrons. The van der Waals surface area contributed by atoms with Crippen molar-refractivity contribution in [3.05, 3.63) is 10.4 Å². The third-order valence-electron chi connectivity index (χ3n) is 0.771. The third kappa shape index (κ3) is 6.13. The predicted molar refractivity (Wildman–Crippen MR) is 34.8 cm³/mol. The Morgan fingerprint density at radius 3 is 2.73 bits per heavy atom. The summed E-state index contributed by atoms with van der Waals surface area (Å²) < 4.78 is 0. The molecule has 0 aromatic heterocycles. The Balaban J connectivity index is 3.47. The summed E-state index contributed by atoms with van der Waals surface area (Å²) in [6, 6.07) is 0. The summed E-state index contributed by atoms with van der Waals surface area (Å²) >= 11 is 0. The number of hydrogen-bond donors (Lipinski definition) is 2. The lowest BCUT2D eigenvalue weighted by atomic mass is 10.4. The van der Waals surface area contributed by atoms with E-state index in [-0.39, 0.29) is 13.0 Å². The van der Waals surface area contributed by atoms with E-state index in [1.165, 1.54) is 0 Å². The van der Waals surface area contributed by atoms with Crippen LogP contribution in [0.4, 0.5) is 4.79 Å². The van der Waals surface area contributed by atoms with Crippen molar-refractivity contribution in [3.63, 3.8) is 0 Å². The second kappa shape index (κ2) is 5.07. The van der Waals surface area contributed by atoms with E-state index in [4.69, 9.17) is 10.6 Å². The van der Waals surface area contributed by atoms with Crippen LogP contribution < -0.4 is 5.32 Å². The lowest BCUT2D eigenvalue weighted by Gasteiger charge is -1.94. The summed E-state index contributed by atoms with van der Waals surface area (Å²) in [6.45, 7) is -0.0345. The number of carbonyl (C=O) groups is 2. The highest BCUT2D eigenvalue weighted by Crippen LogP contribution is 1.82. The van der Waals surface area contributed by atoms with Gasteiger partial charge in [0.25, 0.3) is 0 Å². The Bertz CT molecular complexity index is 207. The molecule has 0 aliphatic carbocycles. The van der Waals surface area contributed by atoms with Crippen LogP contribution in [0.2, 0.25) is 0 Å². The zero-order valence-electron chi connectivity index (χ0n) is 5.52. The molecule has 0 rings (SSSR count). The first kappa shape index (κ1) is 9.25. The molecule has 11 heavy (non-hydrogen) atoms. The molecule has 0 saturated carbocycles. The first-order valence-corrected chi connectivity index (χ1v) is 2.71. The monoisotopic (exact) mass is 158 g/mol. The van der Waals surface area contributed by atoms with E-state index in [0.717, 1.165) is 0 Å². The lowest BCUT2D eigenvalue weighted by molar-refractivity contribution is -0.117. The standard InChI is InChI=1S/C4H6N4O3/c5-8-7-3(9)1-2-6-4(10)11/h6H,1-2H2,(H,10,11). The number of nitrogens with one attached hydrogen (secondary N) is 1. The maximum absolute atomic E-state index is 10.4. The van der Waals surface area contributed by atoms with E-state index >= 15 is 0 Å². The third-order valence-corrected chi connectivity index (χ3v) is 0.771. The zero-order chi connectivity index (χ0) is 8.69. The van der Waals surface area contributed by atoms with Crippen LogP contribution in [0.25, 0.3) is 10.4 Å². The first-order valence-electron chi connectivity index (χ1n) is 2.71. The summed E-state index contributed by atoms with van der Waals surface area (Å²) in [6.07, 6.45) is -1.32. The number of carboxylic acid groups (broad SMARTS) is 1.